The second kappa shape index (κ2) is 10.8. The summed E-state index contributed by atoms with van der Waals surface area (Å²) in [6.07, 6.45) is 0.354. The summed E-state index contributed by atoms with van der Waals surface area (Å²) < 4.78 is 15.1. The lowest BCUT2D eigenvalue weighted by atomic mass is 9.84. The monoisotopic (exact) mass is 483 g/mol. The van der Waals surface area contributed by atoms with Crippen molar-refractivity contribution in [2.24, 2.45) is 0 Å². The minimum absolute atomic E-state index is 0.224. The molecule has 3 N–H and O–H groups in total. The van der Waals surface area contributed by atoms with Gasteiger partial charge < -0.3 is 15.7 Å². The Balaban J connectivity index is 1.67. The molecule has 6 nitrogen and oxygen atoms in total. The number of nitrogens with zero attached hydrogens (tertiary/aromatic N) is 1. The molecule has 0 bridgehead atoms. The maximum Gasteiger partial charge on any atom is 0.405 e. The second-order valence-corrected chi connectivity index (χ2v) is 8.55. The number of pyridine rings is 1. The number of carboxylic acid groups (broad SMARTS) is 1. The third kappa shape index (κ3) is 5.58. The number of nitrogens with one attached hydrogen (secondary N) is 2. The molecule has 2 amide bonds. The number of anilines is 1. The quantitative estimate of drug-likeness (QED) is 0.305. The number of aryl methyl sites for hydroxylation is 2. The fourth-order valence-electron chi connectivity index (χ4n) is 4.28. The van der Waals surface area contributed by atoms with Crippen LogP contribution in [-0.2, 0) is 4.79 Å². The first-order chi connectivity index (χ1) is 17.3. The Morgan fingerprint density at radius 3 is 2.03 bits per heavy atom. The molecule has 1 aromatic heterocycles. The number of amides is 2. The van der Waals surface area contributed by atoms with Gasteiger partial charge in [-0.3, -0.25) is 9.78 Å². The summed E-state index contributed by atoms with van der Waals surface area (Å²) in [7, 11) is 0. The standard InChI is InChI=1S/C29H26FN3O3/c1-18-17-31-19(2)15-24(18)23-14-13-22(16-25(23)30)32-28(34)27(33-29(35)36)26(20-9-5-3-6-10-20)21-11-7-4-8-12-21/h3-17,26-27,33H,1-2H3,(H,32,34)(H,35,36)/t27-/m0/s1. The number of rotatable bonds is 7. The van der Waals surface area contributed by atoms with E-state index in [2.05, 4.69) is 15.6 Å². The Morgan fingerprint density at radius 1 is 0.861 bits per heavy atom. The molecule has 36 heavy (non-hydrogen) atoms. The summed E-state index contributed by atoms with van der Waals surface area (Å²) in [5.41, 5.74) is 4.46. The van der Waals surface area contributed by atoms with Crippen molar-refractivity contribution in [3.05, 3.63) is 119 Å². The molecule has 4 rings (SSSR count). The highest BCUT2D eigenvalue weighted by atomic mass is 19.1. The van der Waals surface area contributed by atoms with Crippen LogP contribution < -0.4 is 10.6 Å². The molecule has 182 valence electrons. The predicted molar refractivity (Wildman–Crippen MR) is 137 cm³/mol. The van der Waals surface area contributed by atoms with Crippen LogP contribution in [0.4, 0.5) is 14.9 Å². The Hall–Kier alpha value is -4.52. The lowest BCUT2D eigenvalue weighted by molar-refractivity contribution is -0.118. The van der Waals surface area contributed by atoms with Gasteiger partial charge in [0.25, 0.3) is 0 Å². The summed E-state index contributed by atoms with van der Waals surface area (Å²) in [6.45, 7) is 3.69. The second-order valence-electron chi connectivity index (χ2n) is 8.55. The SMILES string of the molecule is Cc1cc(-c2ccc(NC(=O)[C@@H](NC(=O)O)C(c3ccccc3)c3ccccc3)cc2F)c(C)cn1. The van der Waals surface area contributed by atoms with Gasteiger partial charge in [0.15, 0.2) is 0 Å². The Kier molecular flexibility index (Phi) is 7.39. The smallest absolute Gasteiger partial charge is 0.405 e. The van der Waals surface area contributed by atoms with Crippen molar-refractivity contribution < 1.29 is 19.1 Å². The van der Waals surface area contributed by atoms with E-state index in [1.165, 1.54) is 6.07 Å². The first kappa shape index (κ1) is 24.6. The van der Waals surface area contributed by atoms with Gasteiger partial charge in [-0.25, -0.2) is 9.18 Å². The molecule has 0 spiro atoms. The van der Waals surface area contributed by atoms with Crippen LogP contribution in [0.5, 0.6) is 0 Å². The van der Waals surface area contributed by atoms with Crippen molar-refractivity contribution in [3.63, 3.8) is 0 Å². The van der Waals surface area contributed by atoms with Gasteiger partial charge in [0, 0.05) is 29.1 Å². The van der Waals surface area contributed by atoms with Crippen molar-refractivity contribution in [2.45, 2.75) is 25.8 Å². The lowest BCUT2D eigenvalue weighted by Gasteiger charge is -2.27. The number of hydrogen-bond donors (Lipinski definition) is 3. The van der Waals surface area contributed by atoms with E-state index in [9.17, 15) is 14.7 Å². The van der Waals surface area contributed by atoms with Gasteiger partial charge in [-0.15, -0.1) is 0 Å². The molecule has 7 heteroatoms. The van der Waals surface area contributed by atoms with Gasteiger partial charge in [0.1, 0.15) is 11.9 Å². The molecule has 0 aliphatic carbocycles. The molecule has 4 aromatic rings. The van der Waals surface area contributed by atoms with Crippen LogP contribution >= 0.6 is 0 Å². The Labute approximate surface area is 208 Å². The largest absolute Gasteiger partial charge is 0.465 e. The van der Waals surface area contributed by atoms with Crippen molar-refractivity contribution in [2.75, 3.05) is 5.32 Å². The molecular formula is C29H26FN3O3. The fraction of sp³-hybridized carbons (Fsp3) is 0.138. The minimum atomic E-state index is -1.34. The molecule has 1 heterocycles. The van der Waals surface area contributed by atoms with Crippen LogP contribution in [0.25, 0.3) is 11.1 Å². The minimum Gasteiger partial charge on any atom is -0.465 e. The number of hydrogen-bond acceptors (Lipinski definition) is 3. The van der Waals surface area contributed by atoms with E-state index in [4.69, 9.17) is 0 Å². The van der Waals surface area contributed by atoms with Crippen LogP contribution in [-0.4, -0.2) is 28.1 Å². The molecule has 0 saturated heterocycles. The third-order valence-corrected chi connectivity index (χ3v) is 5.98. The summed E-state index contributed by atoms with van der Waals surface area (Å²) >= 11 is 0. The Morgan fingerprint density at radius 2 is 1.47 bits per heavy atom. The first-order valence-electron chi connectivity index (χ1n) is 11.5. The first-order valence-corrected chi connectivity index (χ1v) is 11.5. The lowest BCUT2D eigenvalue weighted by Crippen LogP contribution is -2.47. The normalized spacial score (nSPS) is 11.7. The maximum absolute atomic E-state index is 15.1. The highest BCUT2D eigenvalue weighted by Crippen LogP contribution is 2.31. The van der Waals surface area contributed by atoms with E-state index in [1.54, 1.807) is 18.3 Å². The average Bonchev–Trinajstić information content (AvgIpc) is 2.86. The molecule has 0 aliphatic heterocycles. The van der Waals surface area contributed by atoms with Crippen LogP contribution in [0.2, 0.25) is 0 Å². The van der Waals surface area contributed by atoms with E-state index in [-0.39, 0.29) is 5.69 Å². The maximum atomic E-state index is 15.1. The topological polar surface area (TPSA) is 91.3 Å². The van der Waals surface area contributed by atoms with E-state index in [0.717, 1.165) is 27.9 Å². The van der Waals surface area contributed by atoms with Crippen LogP contribution in [0.1, 0.15) is 28.3 Å². The van der Waals surface area contributed by atoms with Crippen LogP contribution in [0.3, 0.4) is 0 Å². The van der Waals surface area contributed by atoms with Gasteiger partial charge in [-0.2, -0.15) is 0 Å². The van der Waals surface area contributed by atoms with E-state index in [1.807, 2.05) is 80.6 Å². The van der Waals surface area contributed by atoms with E-state index < -0.39 is 29.8 Å². The number of benzene rings is 3. The molecule has 1 atom stereocenters. The van der Waals surface area contributed by atoms with Gasteiger partial charge in [-0.1, -0.05) is 60.7 Å². The predicted octanol–water partition coefficient (Wildman–Crippen LogP) is 5.91. The highest BCUT2D eigenvalue weighted by Gasteiger charge is 2.32. The number of carbonyl (C=O) groups excluding carboxylic acids is 1. The molecule has 0 radical (unpaired) electrons. The zero-order valence-electron chi connectivity index (χ0n) is 19.9. The number of carbonyl (C=O) groups is 2. The van der Waals surface area contributed by atoms with Gasteiger partial charge in [-0.05, 0) is 60.4 Å². The van der Waals surface area contributed by atoms with E-state index >= 15 is 4.39 Å². The van der Waals surface area contributed by atoms with Crippen molar-refractivity contribution in [1.29, 1.82) is 0 Å². The van der Waals surface area contributed by atoms with Crippen LogP contribution in [0, 0.1) is 19.7 Å². The van der Waals surface area contributed by atoms with Gasteiger partial charge in [0.2, 0.25) is 5.91 Å². The Bertz CT molecular complexity index is 1340. The zero-order valence-corrected chi connectivity index (χ0v) is 19.9. The molecule has 3 aromatic carbocycles. The number of aromatic nitrogens is 1. The summed E-state index contributed by atoms with van der Waals surface area (Å²) in [5, 5.41) is 14.6. The van der Waals surface area contributed by atoms with Crippen molar-refractivity contribution in [3.8, 4) is 11.1 Å². The molecular weight excluding hydrogens is 457 g/mol. The third-order valence-electron chi connectivity index (χ3n) is 5.98. The summed E-state index contributed by atoms with van der Waals surface area (Å²) in [4.78, 5) is 29.4. The summed E-state index contributed by atoms with van der Waals surface area (Å²) in [5.74, 6) is -1.71. The molecule has 0 fully saturated rings. The number of halogens is 1. The van der Waals surface area contributed by atoms with Crippen LogP contribution in [0.15, 0.2) is 91.1 Å². The average molecular weight is 484 g/mol. The molecule has 0 aliphatic rings. The van der Waals surface area contributed by atoms with Crippen molar-refractivity contribution in [1.82, 2.24) is 10.3 Å². The van der Waals surface area contributed by atoms with E-state index in [0.29, 0.717) is 5.56 Å². The fourth-order valence-corrected chi connectivity index (χ4v) is 4.28. The van der Waals surface area contributed by atoms with Gasteiger partial charge >= 0.3 is 6.09 Å². The molecule has 0 saturated carbocycles. The van der Waals surface area contributed by atoms with Crippen molar-refractivity contribution >= 4 is 17.7 Å². The summed E-state index contributed by atoms with van der Waals surface area (Å²) in [6, 6.07) is 23.5. The highest BCUT2D eigenvalue weighted by molar-refractivity contribution is 5.97. The zero-order chi connectivity index (χ0) is 25.7. The van der Waals surface area contributed by atoms with Gasteiger partial charge in [0.05, 0.1) is 0 Å². The molecule has 0 unspecified atom stereocenters.